The Morgan fingerprint density at radius 3 is 1.86 bits per heavy atom. The predicted molar refractivity (Wildman–Crippen MR) is 97.6 cm³/mol. The van der Waals surface area contributed by atoms with E-state index >= 15 is 0 Å². The molecular weight excluding hydrogens is 264 g/mol. The van der Waals surface area contributed by atoms with Gasteiger partial charge in [0, 0.05) is 0 Å². The summed E-state index contributed by atoms with van der Waals surface area (Å²) in [7, 11) is 0. The molecule has 0 saturated carbocycles. The molecule has 0 N–H and O–H groups in total. The summed E-state index contributed by atoms with van der Waals surface area (Å²) in [6.45, 7) is 0. The first kappa shape index (κ1) is 14.1. The zero-order valence-electron chi connectivity index (χ0n) is 12.4. The van der Waals surface area contributed by atoms with Crippen molar-refractivity contribution in [3.05, 3.63) is 108 Å². The van der Waals surface area contributed by atoms with E-state index < -0.39 is 0 Å². The Hall–Kier alpha value is -2.86. The van der Waals surface area contributed by atoms with E-state index in [1.807, 2.05) is 24.3 Å². The Morgan fingerprint density at radius 1 is 0.455 bits per heavy atom. The van der Waals surface area contributed by atoms with Crippen molar-refractivity contribution < 1.29 is 0 Å². The molecule has 0 spiro atoms. The van der Waals surface area contributed by atoms with Gasteiger partial charge in [0.1, 0.15) is 0 Å². The molecule has 0 aliphatic heterocycles. The van der Waals surface area contributed by atoms with Crippen LogP contribution < -0.4 is 0 Å². The maximum atomic E-state index is 2.21. The van der Waals surface area contributed by atoms with E-state index in [0.717, 1.165) is 0 Å². The van der Waals surface area contributed by atoms with Gasteiger partial charge < -0.3 is 0 Å². The van der Waals surface area contributed by atoms with Crippen LogP contribution in [0.5, 0.6) is 0 Å². The minimum Gasteiger partial charge on any atom is -0.0622 e. The van der Waals surface area contributed by atoms with Crippen LogP contribution in [0, 0.1) is 0 Å². The lowest BCUT2D eigenvalue weighted by atomic mass is 10.1. The number of benzene rings is 3. The summed E-state index contributed by atoms with van der Waals surface area (Å²) >= 11 is 0. The summed E-state index contributed by atoms with van der Waals surface area (Å²) in [5, 5.41) is 2.55. The molecule has 0 saturated heterocycles. The molecule has 22 heavy (non-hydrogen) atoms. The Kier molecular flexibility index (Phi) is 4.63. The first-order chi connectivity index (χ1) is 10.9. The molecule has 0 heteroatoms. The van der Waals surface area contributed by atoms with Crippen molar-refractivity contribution in [1.82, 2.24) is 0 Å². The third kappa shape index (κ3) is 3.83. The van der Waals surface area contributed by atoms with Crippen molar-refractivity contribution in [1.29, 1.82) is 0 Å². The first-order valence-corrected chi connectivity index (χ1v) is 7.47. The number of rotatable bonds is 4. The predicted octanol–water partition coefficient (Wildman–Crippen LogP) is 6.12. The molecule has 0 atom stereocenters. The lowest BCUT2D eigenvalue weighted by Gasteiger charge is -1.98. The fourth-order valence-corrected chi connectivity index (χ4v) is 2.34. The van der Waals surface area contributed by atoms with Gasteiger partial charge in [-0.2, -0.15) is 0 Å². The lowest BCUT2D eigenvalue weighted by Crippen LogP contribution is -1.74. The third-order valence-electron chi connectivity index (χ3n) is 3.48. The Bertz CT molecular complexity index is 821. The van der Waals surface area contributed by atoms with Crippen LogP contribution in [0.15, 0.2) is 97.1 Å². The molecule has 0 bridgehead atoms. The zero-order chi connectivity index (χ0) is 15.0. The van der Waals surface area contributed by atoms with Crippen molar-refractivity contribution >= 4 is 22.9 Å². The molecule has 0 fully saturated rings. The van der Waals surface area contributed by atoms with Crippen LogP contribution in [-0.2, 0) is 0 Å². The standard InChI is InChI=1S/C22H18/c1(4-10-19-11-6-3-7-12-19)2-5-13-20-16-17-21-14-8-9-15-22(21)18-20/h1-18H. The molecule has 0 aliphatic rings. The summed E-state index contributed by atoms with van der Waals surface area (Å²) in [6, 6.07) is 25.2. The number of hydrogen-bond donors (Lipinski definition) is 0. The summed E-state index contributed by atoms with van der Waals surface area (Å²) in [6.07, 6.45) is 12.4. The second kappa shape index (κ2) is 7.24. The molecule has 0 amide bonds. The average molecular weight is 282 g/mol. The van der Waals surface area contributed by atoms with Crippen LogP contribution in [-0.4, -0.2) is 0 Å². The van der Waals surface area contributed by atoms with Crippen molar-refractivity contribution in [2.75, 3.05) is 0 Å². The molecule has 0 nitrogen and oxygen atoms in total. The molecule has 0 radical (unpaired) electrons. The molecule has 3 rings (SSSR count). The Morgan fingerprint density at radius 2 is 1.09 bits per heavy atom. The fourth-order valence-electron chi connectivity index (χ4n) is 2.34. The second-order valence-electron chi connectivity index (χ2n) is 5.12. The van der Waals surface area contributed by atoms with Crippen molar-refractivity contribution in [3.63, 3.8) is 0 Å². The molecule has 0 unspecified atom stereocenters. The molecule has 0 aliphatic carbocycles. The van der Waals surface area contributed by atoms with Gasteiger partial charge in [0.2, 0.25) is 0 Å². The normalized spacial score (nSPS) is 12.0. The number of fused-ring (bicyclic) bond motifs is 1. The van der Waals surface area contributed by atoms with E-state index in [2.05, 4.69) is 85.0 Å². The SMILES string of the molecule is C(=CC=Cc1ccc2ccccc2c1)C=Cc1ccccc1. The molecule has 106 valence electrons. The Labute approximate surface area is 131 Å². The van der Waals surface area contributed by atoms with Crippen LogP contribution >= 0.6 is 0 Å². The fraction of sp³-hybridized carbons (Fsp3) is 0. The average Bonchev–Trinajstić information content (AvgIpc) is 2.59. The number of hydrogen-bond acceptors (Lipinski definition) is 0. The van der Waals surface area contributed by atoms with E-state index in [0.29, 0.717) is 0 Å². The van der Waals surface area contributed by atoms with Gasteiger partial charge in [-0.1, -0.05) is 103 Å². The maximum Gasteiger partial charge on any atom is -0.0178 e. The largest absolute Gasteiger partial charge is 0.0622 e. The van der Waals surface area contributed by atoms with E-state index in [-0.39, 0.29) is 0 Å². The lowest BCUT2D eigenvalue weighted by molar-refractivity contribution is 1.66. The second-order valence-corrected chi connectivity index (χ2v) is 5.12. The quantitative estimate of drug-likeness (QED) is 0.505. The van der Waals surface area contributed by atoms with Gasteiger partial charge >= 0.3 is 0 Å². The molecule has 3 aromatic rings. The van der Waals surface area contributed by atoms with Crippen LogP contribution in [0.4, 0.5) is 0 Å². The molecule has 0 heterocycles. The summed E-state index contributed by atoms with van der Waals surface area (Å²) in [5.74, 6) is 0. The van der Waals surface area contributed by atoms with Gasteiger partial charge in [-0.3, -0.25) is 0 Å². The highest BCUT2D eigenvalue weighted by Crippen LogP contribution is 2.16. The van der Waals surface area contributed by atoms with Gasteiger partial charge in [0.05, 0.1) is 0 Å². The maximum absolute atomic E-state index is 2.21. The van der Waals surface area contributed by atoms with Crippen molar-refractivity contribution in [2.45, 2.75) is 0 Å². The van der Waals surface area contributed by atoms with Gasteiger partial charge in [0.25, 0.3) is 0 Å². The topological polar surface area (TPSA) is 0 Å². The Balaban J connectivity index is 1.63. The van der Waals surface area contributed by atoms with Crippen LogP contribution in [0.2, 0.25) is 0 Å². The van der Waals surface area contributed by atoms with E-state index in [1.54, 1.807) is 0 Å². The first-order valence-electron chi connectivity index (χ1n) is 7.47. The van der Waals surface area contributed by atoms with Gasteiger partial charge in [-0.15, -0.1) is 0 Å². The summed E-state index contributed by atoms with van der Waals surface area (Å²) in [4.78, 5) is 0. The highest BCUT2D eigenvalue weighted by molar-refractivity contribution is 5.84. The van der Waals surface area contributed by atoms with Crippen LogP contribution in [0.1, 0.15) is 11.1 Å². The number of allylic oxidation sites excluding steroid dienone is 4. The summed E-state index contributed by atoms with van der Waals surface area (Å²) in [5.41, 5.74) is 2.43. The highest BCUT2D eigenvalue weighted by Gasteiger charge is 1.91. The van der Waals surface area contributed by atoms with E-state index in [4.69, 9.17) is 0 Å². The minimum atomic E-state index is 1.21. The summed E-state index contributed by atoms with van der Waals surface area (Å²) < 4.78 is 0. The molecule has 0 aromatic heterocycles. The molecular formula is C22H18. The van der Waals surface area contributed by atoms with Gasteiger partial charge in [-0.25, -0.2) is 0 Å². The van der Waals surface area contributed by atoms with E-state index in [1.165, 1.54) is 21.9 Å². The smallest absolute Gasteiger partial charge is 0.0178 e. The van der Waals surface area contributed by atoms with E-state index in [9.17, 15) is 0 Å². The van der Waals surface area contributed by atoms with Gasteiger partial charge in [-0.05, 0) is 28.0 Å². The molecule has 3 aromatic carbocycles. The monoisotopic (exact) mass is 282 g/mol. The zero-order valence-corrected chi connectivity index (χ0v) is 12.4. The minimum absolute atomic E-state index is 1.21. The van der Waals surface area contributed by atoms with Crippen LogP contribution in [0.25, 0.3) is 22.9 Å². The van der Waals surface area contributed by atoms with Crippen molar-refractivity contribution in [3.8, 4) is 0 Å². The van der Waals surface area contributed by atoms with Crippen LogP contribution in [0.3, 0.4) is 0 Å². The van der Waals surface area contributed by atoms with Gasteiger partial charge in [0.15, 0.2) is 0 Å². The van der Waals surface area contributed by atoms with Crippen molar-refractivity contribution in [2.24, 2.45) is 0 Å². The third-order valence-corrected chi connectivity index (χ3v) is 3.48. The highest BCUT2D eigenvalue weighted by atomic mass is 14.0.